The first kappa shape index (κ1) is 10.8. The van der Waals surface area contributed by atoms with Crippen LogP contribution >= 0.6 is 0 Å². The van der Waals surface area contributed by atoms with Crippen LogP contribution in [0.2, 0.25) is 0 Å². The molecule has 0 saturated carbocycles. The molecule has 1 amide bonds. The van der Waals surface area contributed by atoms with Gasteiger partial charge in [-0.1, -0.05) is 36.4 Å². The number of nitrogens with one attached hydrogen (secondary N) is 2. The maximum Gasteiger partial charge on any atom is 0.247 e. The highest BCUT2D eigenvalue weighted by Gasteiger charge is 2.26. The first-order chi connectivity index (χ1) is 8.83. The van der Waals surface area contributed by atoms with Gasteiger partial charge in [0, 0.05) is 17.8 Å². The van der Waals surface area contributed by atoms with E-state index in [0.717, 1.165) is 17.8 Å². The van der Waals surface area contributed by atoms with Gasteiger partial charge in [-0.25, -0.2) is 0 Å². The molecular weight excluding hydrogens is 224 g/mol. The lowest BCUT2D eigenvalue weighted by Gasteiger charge is -2.11. The third-order valence-electron chi connectivity index (χ3n) is 3.13. The van der Waals surface area contributed by atoms with E-state index >= 15 is 0 Å². The summed E-state index contributed by atoms with van der Waals surface area (Å²) in [5.41, 5.74) is 3.09. The number of amides is 1. The maximum absolute atomic E-state index is 12.1. The monoisotopic (exact) mass is 238 g/mol. The number of anilines is 2. The molecule has 2 aromatic rings. The summed E-state index contributed by atoms with van der Waals surface area (Å²) in [6, 6.07) is 17.4. The van der Waals surface area contributed by atoms with E-state index in [1.807, 2.05) is 48.5 Å². The number of benzene rings is 2. The topological polar surface area (TPSA) is 41.1 Å². The largest absolute Gasteiger partial charge is 0.373 e. The van der Waals surface area contributed by atoms with Crippen molar-refractivity contribution in [1.82, 2.24) is 0 Å². The Labute approximate surface area is 106 Å². The zero-order chi connectivity index (χ0) is 12.4. The Morgan fingerprint density at radius 3 is 2.56 bits per heavy atom. The van der Waals surface area contributed by atoms with Gasteiger partial charge >= 0.3 is 0 Å². The van der Waals surface area contributed by atoms with Crippen LogP contribution in [0, 0.1) is 0 Å². The highest BCUT2D eigenvalue weighted by atomic mass is 16.2. The van der Waals surface area contributed by atoms with E-state index in [1.54, 1.807) is 0 Å². The van der Waals surface area contributed by atoms with E-state index in [0.29, 0.717) is 0 Å². The van der Waals surface area contributed by atoms with Crippen LogP contribution in [-0.2, 0) is 11.2 Å². The summed E-state index contributed by atoms with van der Waals surface area (Å²) in [5, 5.41) is 6.16. The second kappa shape index (κ2) is 4.53. The van der Waals surface area contributed by atoms with Crippen molar-refractivity contribution >= 4 is 17.3 Å². The Morgan fingerprint density at radius 1 is 1.06 bits per heavy atom. The summed E-state index contributed by atoms with van der Waals surface area (Å²) in [6.45, 7) is 0. The Kier molecular flexibility index (Phi) is 2.73. The van der Waals surface area contributed by atoms with Crippen LogP contribution < -0.4 is 10.6 Å². The van der Waals surface area contributed by atoms with Gasteiger partial charge in [0.2, 0.25) is 5.91 Å². The summed E-state index contributed by atoms with van der Waals surface area (Å²) in [6.07, 6.45) is 0.745. The average Bonchev–Trinajstić information content (AvgIpc) is 2.84. The van der Waals surface area contributed by atoms with Crippen LogP contribution in [0.15, 0.2) is 54.6 Å². The second-order valence-electron chi connectivity index (χ2n) is 4.41. The summed E-state index contributed by atoms with van der Waals surface area (Å²) < 4.78 is 0. The van der Waals surface area contributed by atoms with E-state index in [9.17, 15) is 4.79 Å². The molecule has 3 nitrogen and oxygen atoms in total. The smallest absolute Gasteiger partial charge is 0.247 e. The third kappa shape index (κ3) is 2.07. The summed E-state index contributed by atoms with van der Waals surface area (Å²) in [4.78, 5) is 12.1. The fraction of sp³-hybridized carbons (Fsp3) is 0.133. The van der Waals surface area contributed by atoms with E-state index in [1.165, 1.54) is 5.56 Å². The number of para-hydroxylation sites is 2. The van der Waals surface area contributed by atoms with Crippen molar-refractivity contribution in [1.29, 1.82) is 0 Å². The lowest BCUT2D eigenvalue weighted by molar-refractivity contribution is -0.116. The number of carbonyl (C=O) groups excluding carboxylic acids is 1. The summed E-state index contributed by atoms with van der Waals surface area (Å²) in [7, 11) is 0. The fourth-order valence-corrected chi connectivity index (χ4v) is 2.21. The van der Waals surface area contributed by atoms with Crippen molar-refractivity contribution in [3.8, 4) is 0 Å². The normalized spacial score (nSPS) is 16.8. The Hall–Kier alpha value is -2.29. The number of rotatable bonds is 2. The van der Waals surface area contributed by atoms with E-state index in [-0.39, 0.29) is 11.9 Å². The number of carbonyl (C=O) groups is 1. The van der Waals surface area contributed by atoms with E-state index in [4.69, 9.17) is 0 Å². The van der Waals surface area contributed by atoms with Gasteiger partial charge < -0.3 is 10.6 Å². The average molecular weight is 238 g/mol. The molecule has 0 aliphatic carbocycles. The van der Waals surface area contributed by atoms with E-state index in [2.05, 4.69) is 16.7 Å². The van der Waals surface area contributed by atoms with Crippen LogP contribution in [0.3, 0.4) is 0 Å². The Bertz CT molecular complexity index is 541. The third-order valence-corrected chi connectivity index (χ3v) is 3.13. The fourth-order valence-electron chi connectivity index (χ4n) is 2.21. The number of hydrogen-bond acceptors (Lipinski definition) is 2. The molecule has 2 N–H and O–H groups in total. The van der Waals surface area contributed by atoms with Crippen molar-refractivity contribution < 1.29 is 4.79 Å². The highest BCUT2D eigenvalue weighted by Crippen LogP contribution is 2.25. The molecule has 18 heavy (non-hydrogen) atoms. The maximum atomic E-state index is 12.1. The van der Waals surface area contributed by atoms with E-state index < -0.39 is 0 Å². The van der Waals surface area contributed by atoms with Gasteiger partial charge in [-0.15, -0.1) is 0 Å². The molecule has 0 aromatic heterocycles. The Balaban J connectivity index is 1.70. The van der Waals surface area contributed by atoms with Gasteiger partial charge in [-0.05, 0) is 23.8 Å². The minimum Gasteiger partial charge on any atom is -0.373 e. The van der Waals surface area contributed by atoms with Gasteiger partial charge in [0.15, 0.2) is 0 Å². The predicted molar refractivity (Wildman–Crippen MR) is 72.6 cm³/mol. The molecule has 0 saturated heterocycles. The molecule has 3 rings (SSSR count). The predicted octanol–water partition coefficient (Wildman–Crippen LogP) is 2.66. The standard InChI is InChI=1S/C15H14N2O/c18-15(16-12-7-2-1-3-8-12)14-10-11-6-4-5-9-13(11)17-14/h1-9,14,17H,10H2,(H,16,18). The minimum atomic E-state index is -0.178. The molecule has 3 heteroatoms. The highest BCUT2D eigenvalue weighted by molar-refractivity contribution is 5.98. The molecule has 2 aromatic carbocycles. The van der Waals surface area contributed by atoms with Crippen molar-refractivity contribution in [2.75, 3.05) is 10.6 Å². The molecule has 1 aliphatic heterocycles. The van der Waals surface area contributed by atoms with Gasteiger partial charge in [-0.3, -0.25) is 4.79 Å². The van der Waals surface area contributed by atoms with Gasteiger partial charge in [-0.2, -0.15) is 0 Å². The first-order valence-corrected chi connectivity index (χ1v) is 6.03. The number of hydrogen-bond donors (Lipinski definition) is 2. The van der Waals surface area contributed by atoms with Crippen LogP contribution in [0.1, 0.15) is 5.56 Å². The van der Waals surface area contributed by atoms with Crippen LogP contribution in [0.5, 0.6) is 0 Å². The zero-order valence-corrected chi connectivity index (χ0v) is 9.89. The molecular formula is C15H14N2O. The second-order valence-corrected chi connectivity index (χ2v) is 4.41. The summed E-state index contributed by atoms with van der Waals surface area (Å²) >= 11 is 0. The van der Waals surface area contributed by atoms with Gasteiger partial charge in [0.05, 0.1) is 0 Å². The molecule has 1 heterocycles. The molecule has 0 fully saturated rings. The molecule has 0 spiro atoms. The quantitative estimate of drug-likeness (QED) is 0.844. The van der Waals surface area contributed by atoms with Gasteiger partial charge in [0.25, 0.3) is 0 Å². The van der Waals surface area contributed by atoms with Gasteiger partial charge in [0.1, 0.15) is 6.04 Å². The van der Waals surface area contributed by atoms with Crippen LogP contribution in [0.25, 0.3) is 0 Å². The summed E-state index contributed by atoms with van der Waals surface area (Å²) in [5.74, 6) is 0.0115. The first-order valence-electron chi connectivity index (χ1n) is 6.03. The SMILES string of the molecule is O=C(Nc1ccccc1)C1Cc2ccccc2N1. The Morgan fingerprint density at radius 2 is 1.78 bits per heavy atom. The van der Waals surface area contributed by atoms with Crippen molar-refractivity contribution in [2.45, 2.75) is 12.5 Å². The zero-order valence-electron chi connectivity index (χ0n) is 9.89. The van der Waals surface area contributed by atoms with Crippen molar-refractivity contribution in [3.05, 3.63) is 60.2 Å². The molecule has 1 atom stereocenters. The van der Waals surface area contributed by atoms with Crippen molar-refractivity contribution in [3.63, 3.8) is 0 Å². The molecule has 1 unspecified atom stereocenters. The molecule has 1 aliphatic rings. The molecule has 0 bridgehead atoms. The lowest BCUT2D eigenvalue weighted by Crippen LogP contribution is -2.32. The molecule has 90 valence electrons. The lowest BCUT2D eigenvalue weighted by atomic mass is 10.1. The molecule has 0 radical (unpaired) electrons. The van der Waals surface area contributed by atoms with Crippen LogP contribution in [-0.4, -0.2) is 11.9 Å². The minimum absolute atomic E-state index is 0.0115. The van der Waals surface area contributed by atoms with Crippen LogP contribution in [0.4, 0.5) is 11.4 Å². The number of fused-ring (bicyclic) bond motifs is 1. The van der Waals surface area contributed by atoms with Crippen molar-refractivity contribution in [2.24, 2.45) is 0 Å².